The van der Waals surface area contributed by atoms with Crippen LogP contribution in [0, 0.1) is 22.2 Å². The molecule has 0 heterocycles. The fourth-order valence-corrected chi connectivity index (χ4v) is 7.26. The molecular weight excluding hydrogens is 254 g/mol. The maximum absolute atomic E-state index is 3.90. The lowest BCUT2D eigenvalue weighted by atomic mass is 9.39. The van der Waals surface area contributed by atoms with Crippen LogP contribution in [0.2, 0.25) is 0 Å². The van der Waals surface area contributed by atoms with Gasteiger partial charge in [-0.3, -0.25) is 0 Å². The van der Waals surface area contributed by atoms with E-state index in [-0.39, 0.29) is 0 Å². The predicted octanol–water partition coefficient (Wildman–Crippen LogP) is 5.32. The highest BCUT2D eigenvalue weighted by Gasteiger charge is 2.61. The first-order chi connectivity index (χ1) is 9.93. The second-order valence-corrected chi connectivity index (χ2v) is 9.32. The van der Waals surface area contributed by atoms with Crippen LogP contribution in [-0.2, 0) is 0 Å². The summed E-state index contributed by atoms with van der Waals surface area (Å²) in [5.74, 6) is 1.01. The summed E-state index contributed by atoms with van der Waals surface area (Å²) in [7, 11) is 0. The topological polar surface area (TPSA) is 12.0 Å². The van der Waals surface area contributed by atoms with Gasteiger partial charge in [0.2, 0.25) is 0 Å². The van der Waals surface area contributed by atoms with Crippen LogP contribution in [0.1, 0.15) is 78.6 Å². The van der Waals surface area contributed by atoms with Gasteiger partial charge in [-0.1, -0.05) is 26.8 Å². The zero-order valence-corrected chi connectivity index (χ0v) is 14.5. The molecule has 4 saturated carbocycles. The maximum Gasteiger partial charge on any atom is 0.0124 e. The highest BCUT2D eigenvalue weighted by atomic mass is 14.9. The Morgan fingerprint density at radius 1 is 1.14 bits per heavy atom. The number of nitrogens with one attached hydrogen (secondary N) is 1. The molecule has 4 aliphatic rings. The minimum Gasteiger partial charge on any atom is -0.314 e. The van der Waals surface area contributed by atoms with Crippen molar-refractivity contribution < 1.29 is 0 Å². The van der Waals surface area contributed by atoms with Crippen molar-refractivity contribution in [3.63, 3.8) is 0 Å². The molecule has 0 aromatic carbocycles. The molecule has 0 aliphatic heterocycles. The number of unbranched alkanes of at least 4 members (excludes halogenated alkanes) is 1. The molecule has 4 fully saturated rings. The second kappa shape index (κ2) is 5.41. The number of hydrogen-bond acceptors (Lipinski definition) is 1. The fourth-order valence-electron chi connectivity index (χ4n) is 7.26. The van der Waals surface area contributed by atoms with Gasteiger partial charge in [-0.15, -0.1) is 6.58 Å². The predicted molar refractivity (Wildman–Crippen MR) is 91.4 cm³/mol. The molecule has 4 rings (SSSR count). The van der Waals surface area contributed by atoms with Crippen LogP contribution in [-0.4, -0.2) is 12.6 Å². The van der Waals surface area contributed by atoms with E-state index in [1.54, 1.807) is 0 Å². The van der Waals surface area contributed by atoms with Gasteiger partial charge in [-0.05, 0) is 86.5 Å². The minimum atomic E-state index is 0.597. The third kappa shape index (κ3) is 2.83. The SMILES string of the molecule is C=CCCCC(NCC)C12CC3CC(C)(CC(C)(C3)C1)C2. The van der Waals surface area contributed by atoms with Crippen LogP contribution in [0.15, 0.2) is 12.7 Å². The smallest absolute Gasteiger partial charge is 0.0124 e. The summed E-state index contributed by atoms with van der Waals surface area (Å²) >= 11 is 0. The zero-order chi connectivity index (χ0) is 15.1. The maximum atomic E-state index is 3.90. The van der Waals surface area contributed by atoms with E-state index in [1.807, 2.05) is 0 Å². The van der Waals surface area contributed by atoms with E-state index in [9.17, 15) is 0 Å². The molecular formula is C20H35N. The minimum absolute atomic E-state index is 0.597. The van der Waals surface area contributed by atoms with Gasteiger partial charge < -0.3 is 5.32 Å². The Hall–Kier alpha value is -0.300. The summed E-state index contributed by atoms with van der Waals surface area (Å²) in [5.41, 5.74) is 1.88. The van der Waals surface area contributed by atoms with E-state index >= 15 is 0 Å². The van der Waals surface area contributed by atoms with Crippen molar-refractivity contribution in [3.8, 4) is 0 Å². The van der Waals surface area contributed by atoms with Gasteiger partial charge in [-0.25, -0.2) is 0 Å². The van der Waals surface area contributed by atoms with Crippen molar-refractivity contribution in [1.82, 2.24) is 5.32 Å². The average Bonchev–Trinajstić information content (AvgIpc) is 2.33. The fraction of sp³-hybridized carbons (Fsp3) is 0.900. The van der Waals surface area contributed by atoms with Crippen LogP contribution in [0.5, 0.6) is 0 Å². The first-order valence-corrected chi connectivity index (χ1v) is 9.27. The van der Waals surface area contributed by atoms with E-state index in [1.165, 1.54) is 57.8 Å². The Bertz CT molecular complexity index is 381. The molecule has 4 aliphatic carbocycles. The van der Waals surface area contributed by atoms with Crippen LogP contribution >= 0.6 is 0 Å². The third-order valence-corrected chi connectivity index (χ3v) is 6.76. The van der Waals surface area contributed by atoms with Crippen molar-refractivity contribution in [2.75, 3.05) is 6.54 Å². The average molecular weight is 290 g/mol. The summed E-state index contributed by atoms with van der Waals surface area (Å²) in [6.07, 6.45) is 14.9. The molecule has 1 nitrogen and oxygen atoms in total. The highest BCUT2D eigenvalue weighted by molar-refractivity contribution is 5.13. The third-order valence-electron chi connectivity index (χ3n) is 6.76. The summed E-state index contributed by atoms with van der Waals surface area (Å²) in [5, 5.41) is 3.90. The molecule has 120 valence electrons. The quantitative estimate of drug-likeness (QED) is 0.494. The highest BCUT2D eigenvalue weighted by Crippen LogP contribution is 2.70. The summed E-state index contributed by atoms with van der Waals surface area (Å²) in [4.78, 5) is 0. The molecule has 3 unspecified atom stereocenters. The van der Waals surface area contributed by atoms with Crippen LogP contribution in [0.3, 0.4) is 0 Å². The Morgan fingerprint density at radius 2 is 1.81 bits per heavy atom. The number of allylic oxidation sites excluding steroid dienone is 1. The first-order valence-electron chi connectivity index (χ1n) is 9.27. The van der Waals surface area contributed by atoms with Crippen molar-refractivity contribution in [2.45, 2.75) is 84.6 Å². The summed E-state index contributed by atoms with van der Waals surface area (Å²) < 4.78 is 0. The molecule has 21 heavy (non-hydrogen) atoms. The van der Waals surface area contributed by atoms with Crippen molar-refractivity contribution in [3.05, 3.63) is 12.7 Å². The van der Waals surface area contributed by atoms with Gasteiger partial charge >= 0.3 is 0 Å². The van der Waals surface area contributed by atoms with E-state index in [0.717, 1.165) is 18.5 Å². The Morgan fingerprint density at radius 3 is 2.33 bits per heavy atom. The lowest BCUT2D eigenvalue weighted by Gasteiger charge is -2.67. The van der Waals surface area contributed by atoms with Crippen LogP contribution < -0.4 is 5.32 Å². The summed E-state index contributed by atoms with van der Waals surface area (Å²) in [6, 6.07) is 0.740. The molecule has 0 aromatic heterocycles. The van der Waals surface area contributed by atoms with Gasteiger partial charge in [0.05, 0.1) is 0 Å². The standard InChI is InChI=1S/C20H35N/c1-5-7-8-9-17(21-6-2)20-12-16-10-18(3,14-20)13-19(4,11-16)15-20/h5,16-17,21H,1,6-15H2,2-4H3. The van der Waals surface area contributed by atoms with E-state index in [2.05, 4.69) is 38.7 Å². The van der Waals surface area contributed by atoms with Crippen molar-refractivity contribution in [1.29, 1.82) is 0 Å². The number of hydrogen-bond donors (Lipinski definition) is 1. The number of rotatable bonds is 7. The molecule has 0 saturated heterocycles. The van der Waals surface area contributed by atoms with Gasteiger partial charge in [0.1, 0.15) is 0 Å². The zero-order valence-electron chi connectivity index (χ0n) is 14.5. The molecule has 0 radical (unpaired) electrons. The lowest BCUT2D eigenvalue weighted by Crippen LogP contribution is -2.61. The summed E-state index contributed by atoms with van der Waals surface area (Å²) in [6.45, 7) is 12.5. The Labute approximate surface area is 132 Å². The Balaban J connectivity index is 1.82. The first kappa shape index (κ1) is 15.6. The lowest BCUT2D eigenvalue weighted by molar-refractivity contribution is -0.158. The van der Waals surface area contributed by atoms with Crippen LogP contribution in [0.25, 0.3) is 0 Å². The molecule has 0 aromatic rings. The molecule has 0 amide bonds. The van der Waals surface area contributed by atoms with E-state index < -0.39 is 0 Å². The van der Waals surface area contributed by atoms with Crippen molar-refractivity contribution in [2.24, 2.45) is 22.2 Å². The molecule has 1 N–H and O–H groups in total. The van der Waals surface area contributed by atoms with Gasteiger partial charge in [0.15, 0.2) is 0 Å². The molecule has 0 spiro atoms. The van der Waals surface area contributed by atoms with E-state index in [0.29, 0.717) is 16.2 Å². The van der Waals surface area contributed by atoms with Crippen molar-refractivity contribution >= 4 is 0 Å². The van der Waals surface area contributed by atoms with Gasteiger partial charge in [-0.2, -0.15) is 0 Å². The van der Waals surface area contributed by atoms with E-state index in [4.69, 9.17) is 0 Å². The van der Waals surface area contributed by atoms with Crippen LogP contribution in [0.4, 0.5) is 0 Å². The Kier molecular flexibility index (Phi) is 4.01. The normalized spacial score (nSPS) is 45.8. The second-order valence-electron chi connectivity index (χ2n) is 9.32. The molecule has 1 heteroatoms. The van der Waals surface area contributed by atoms with Gasteiger partial charge in [0, 0.05) is 6.04 Å². The monoisotopic (exact) mass is 289 g/mol. The molecule has 4 bridgehead atoms. The molecule has 3 atom stereocenters. The largest absolute Gasteiger partial charge is 0.314 e. The van der Waals surface area contributed by atoms with Gasteiger partial charge in [0.25, 0.3) is 0 Å².